The number of halogens is 3. The smallest absolute Gasteiger partial charge is 0.268 e. The lowest BCUT2D eigenvalue weighted by Crippen LogP contribution is -2.40. The minimum absolute atomic E-state index is 0.0576. The molecule has 3 aromatic heterocycles. The van der Waals surface area contributed by atoms with Crippen LogP contribution >= 0.6 is 0 Å². The SMILES string of the molecule is Cn1c(=O)c2c(-c3ccncc3)n(Cc3cccc4ccccc34)nc2n(CC(F)(F)F)c1=O. The molecule has 0 saturated heterocycles. The largest absolute Gasteiger partial charge is 0.406 e. The summed E-state index contributed by atoms with van der Waals surface area (Å²) in [6.07, 6.45) is -1.64. The van der Waals surface area contributed by atoms with Crippen molar-refractivity contribution in [2.24, 2.45) is 7.05 Å². The number of aromatic nitrogens is 5. The van der Waals surface area contributed by atoms with Gasteiger partial charge in [-0.3, -0.25) is 23.6 Å². The van der Waals surface area contributed by atoms with Gasteiger partial charge in [0.25, 0.3) is 5.56 Å². The molecular formula is C24H18F3N5O2. The van der Waals surface area contributed by atoms with E-state index in [2.05, 4.69) is 10.1 Å². The van der Waals surface area contributed by atoms with Gasteiger partial charge in [0, 0.05) is 25.0 Å². The molecule has 10 heteroatoms. The van der Waals surface area contributed by atoms with Crippen molar-refractivity contribution in [3.63, 3.8) is 0 Å². The molecule has 0 saturated carbocycles. The normalized spacial score (nSPS) is 12.0. The Morgan fingerprint density at radius 2 is 1.65 bits per heavy atom. The second-order valence-corrected chi connectivity index (χ2v) is 7.93. The Bertz CT molecular complexity index is 1640. The summed E-state index contributed by atoms with van der Waals surface area (Å²) in [5.41, 5.74) is -0.366. The number of benzene rings is 2. The van der Waals surface area contributed by atoms with Gasteiger partial charge in [0.2, 0.25) is 0 Å². The minimum Gasteiger partial charge on any atom is -0.268 e. The van der Waals surface area contributed by atoms with Gasteiger partial charge in [0.15, 0.2) is 5.65 Å². The molecule has 0 amide bonds. The Labute approximate surface area is 190 Å². The molecular weight excluding hydrogens is 447 g/mol. The first-order chi connectivity index (χ1) is 16.2. The van der Waals surface area contributed by atoms with E-state index >= 15 is 0 Å². The molecule has 0 unspecified atom stereocenters. The third-order valence-corrected chi connectivity index (χ3v) is 5.72. The molecule has 5 aromatic rings. The molecule has 3 heterocycles. The molecule has 0 fully saturated rings. The summed E-state index contributed by atoms with van der Waals surface area (Å²) < 4.78 is 42.7. The predicted molar refractivity (Wildman–Crippen MR) is 122 cm³/mol. The lowest BCUT2D eigenvalue weighted by molar-refractivity contribution is -0.140. The highest BCUT2D eigenvalue weighted by atomic mass is 19.4. The summed E-state index contributed by atoms with van der Waals surface area (Å²) in [7, 11) is 1.16. The zero-order chi connectivity index (χ0) is 24.0. The van der Waals surface area contributed by atoms with E-state index in [1.165, 1.54) is 17.1 Å². The van der Waals surface area contributed by atoms with Crippen molar-refractivity contribution in [2.45, 2.75) is 19.3 Å². The van der Waals surface area contributed by atoms with Crippen molar-refractivity contribution in [1.29, 1.82) is 0 Å². The molecule has 0 aliphatic rings. The van der Waals surface area contributed by atoms with Crippen LogP contribution in [-0.4, -0.2) is 30.1 Å². The maximum atomic E-state index is 13.3. The molecule has 0 aliphatic heterocycles. The molecule has 2 aromatic carbocycles. The van der Waals surface area contributed by atoms with E-state index in [0.29, 0.717) is 20.4 Å². The Kier molecular flexibility index (Phi) is 5.07. The molecule has 0 radical (unpaired) electrons. The van der Waals surface area contributed by atoms with E-state index < -0.39 is 24.0 Å². The number of hydrogen-bond donors (Lipinski definition) is 0. The summed E-state index contributed by atoms with van der Waals surface area (Å²) in [4.78, 5) is 29.8. The third-order valence-electron chi connectivity index (χ3n) is 5.72. The molecule has 7 nitrogen and oxygen atoms in total. The van der Waals surface area contributed by atoms with Gasteiger partial charge in [-0.05, 0) is 28.5 Å². The van der Waals surface area contributed by atoms with Crippen LogP contribution in [0.5, 0.6) is 0 Å². The molecule has 0 aliphatic carbocycles. The molecule has 34 heavy (non-hydrogen) atoms. The quantitative estimate of drug-likeness (QED) is 0.406. The van der Waals surface area contributed by atoms with Crippen LogP contribution in [0.4, 0.5) is 13.2 Å². The summed E-state index contributed by atoms with van der Waals surface area (Å²) >= 11 is 0. The number of alkyl halides is 3. The van der Waals surface area contributed by atoms with Gasteiger partial charge < -0.3 is 0 Å². The number of hydrogen-bond acceptors (Lipinski definition) is 4. The van der Waals surface area contributed by atoms with Crippen molar-refractivity contribution in [1.82, 2.24) is 23.9 Å². The highest BCUT2D eigenvalue weighted by Gasteiger charge is 2.32. The molecule has 172 valence electrons. The Morgan fingerprint density at radius 3 is 2.38 bits per heavy atom. The van der Waals surface area contributed by atoms with Crippen LogP contribution in [0.25, 0.3) is 33.1 Å². The number of nitrogens with zero attached hydrogens (tertiary/aromatic N) is 5. The van der Waals surface area contributed by atoms with Gasteiger partial charge in [-0.25, -0.2) is 4.79 Å². The van der Waals surface area contributed by atoms with Crippen molar-refractivity contribution in [2.75, 3.05) is 0 Å². The standard InChI is InChI=1S/C24H18F3N5O2/c1-30-22(33)19-20(16-9-11-28-12-10-16)32(29-21(19)31(23(30)34)14-24(25,26)27)13-17-7-4-6-15-5-2-3-8-18(15)17/h2-12H,13-14H2,1H3. The van der Waals surface area contributed by atoms with E-state index in [9.17, 15) is 22.8 Å². The van der Waals surface area contributed by atoms with Crippen LogP contribution in [0.2, 0.25) is 0 Å². The third kappa shape index (κ3) is 3.66. The Hall–Kier alpha value is -4.21. The average Bonchev–Trinajstić information content (AvgIpc) is 3.20. The fraction of sp³-hybridized carbons (Fsp3) is 0.167. The Morgan fingerprint density at radius 1 is 0.941 bits per heavy atom. The van der Waals surface area contributed by atoms with E-state index in [0.717, 1.165) is 23.4 Å². The van der Waals surface area contributed by atoms with Crippen molar-refractivity contribution in [3.05, 3.63) is 93.4 Å². The van der Waals surface area contributed by atoms with Gasteiger partial charge in [-0.2, -0.15) is 18.3 Å². The van der Waals surface area contributed by atoms with Gasteiger partial charge >= 0.3 is 11.9 Å². The van der Waals surface area contributed by atoms with Crippen LogP contribution in [0.15, 0.2) is 76.6 Å². The van der Waals surface area contributed by atoms with Gasteiger partial charge in [-0.15, -0.1) is 0 Å². The monoisotopic (exact) mass is 465 g/mol. The van der Waals surface area contributed by atoms with Crippen molar-refractivity contribution >= 4 is 21.8 Å². The molecule has 0 bridgehead atoms. The number of fused-ring (bicyclic) bond motifs is 2. The lowest BCUT2D eigenvalue weighted by atomic mass is 10.0. The maximum absolute atomic E-state index is 13.3. The first kappa shape index (κ1) is 21.6. The second-order valence-electron chi connectivity index (χ2n) is 7.93. The maximum Gasteiger partial charge on any atom is 0.406 e. The van der Waals surface area contributed by atoms with Gasteiger partial charge in [0.05, 0.1) is 12.2 Å². The van der Waals surface area contributed by atoms with Crippen molar-refractivity contribution < 1.29 is 13.2 Å². The van der Waals surface area contributed by atoms with Gasteiger partial charge in [0.1, 0.15) is 11.9 Å². The minimum atomic E-state index is -4.68. The molecule has 0 atom stereocenters. The fourth-order valence-corrected chi connectivity index (χ4v) is 4.19. The van der Waals surface area contributed by atoms with Gasteiger partial charge in [-0.1, -0.05) is 42.5 Å². The molecule has 0 N–H and O–H groups in total. The van der Waals surface area contributed by atoms with Crippen molar-refractivity contribution in [3.8, 4) is 11.3 Å². The fourth-order valence-electron chi connectivity index (χ4n) is 4.19. The Balaban J connectivity index is 1.84. The van der Waals surface area contributed by atoms with Crippen LogP contribution in [0.3, 0.4) is 0 Å². The predicted octanol–water partition coefficient (Wildman–Crippen LogP) is 3.72. The van der Waals surface area contributed by atoms with E-state index in [-0.39, 0.29) is 17.6 Å². The summed E-state index contributed by atoms with van der Waals surface area (Å²) in [6, 6.07) is 16.7. The molecule has 0 spiro atoms. The van der Waals surface area contributed by atoms with E-state index in [1.807, 2.05) is 42.5 Å². The lowest BCUT2D eigenvalue weighted by Gasteiger charge is -2.11. The first-order valence-corrected chi connectivity index (χ1v) is 10.4. The number of rotatable bonds is 4. The van der Waals surface area contributed by atoms with Crippen LogP contribution in [-0.2, 0) is 20.1 Å². The number of pyridine rings is 1. The first-order valence-electron chi connectivity index (χ1n) is 10.4. The highest BCUT2D eigenvalue weighted by molar-refractivity contribution is 5.91. The molecule has 5 rings (SSSR count). The van der Waals surface area contributed by atoms with Crippen LogP contribution in [0, 0.1) is 0 Å². The zero-order valence-electron chi connectivity index (χ0n) is 18.0. The topological polar surface area (TPSA) is 74.7 Å². The highest BCUT2D eigenvalue weighted by Crippen LogP contribution is 2.29. The second kappa shape index (κ2) is 7.98. The zero-order valence-corrected chi connectivity index (χ0v) is 18.0. The van der Waals surface area contributed by atoms with E-state index in [1.54, 1.807) is 12.1 Å². The van der Waals surface area contributed by atoms with Crippen LogP contribution in [0.1, 0.15) is 5.56 Å². The van der Waals surface area contributed by atoms with Crippen LogP contribution < -0.4 is 11.2 Å². The van der Waals surface area contributed by atoms with E-state index in [4.69, 9.17) is 0 Å². The summed E-state index contributed by atoms with van der Waals surface area (Å²) in [5, 5.41) is 6.27. The summed E-state index contributed by atoms with van der Waals surface area (Å²) in [5.74, 6) is 0. The average molecular weight is 465 g/mol. The summed E-state index contributed by atoms with van der Waals surface area (Å²) in [6.45, 7) is -1.38.